The van der Waals surface area contributed by atoms with E-state index in [-0.39, 0.29) is 18.1 Å². The minimum Gasteiger partial charge on any atom is -0.497 e. The molecule has 30 heavy (non-hydrogen) atoms. The second kappa shape index (κ2) is 8.99. The lowest BCUT2D eigenvalue weighted by Gasteiger charge is -2.11. The van der Waals surface area contributed by atoms with Gasteiger partial charge in [0, 0.05) is 11.5 Å². The lowest BCUT2D eigenvalue weighted by atomic mass is 10.2. The van der Waals surface area contributed by atoms with Gasteiger partial charge in [0.15, 0.2) is 0 Å². The molecule has 0 aliphatic carbocycles. The second-order valence-corrected chi connectivity index (χ2v) is 6.00. The first kappa shape index (κ1) is 20.7. The number of fused-ring (bicyclic) bond motifs is 1. The number of amides is 2. The predicted octanol–water partition coefficient (Wildman–Crippen LogP) is 3.20. The number of ether oxygens (including phenoxy) is 3. The van der Waals surface area contributed by atoms with Crippen molar-refractivity contribution in [2.75, 3.05) is 31.5 Å². The molecule has 0 bridgehead atoms. The summed E-state index contributed by atoms with van der Waals surface area (Å²) in [5.74, 6) is -2.01. The third-order valence-corrected chi connectivity index (χ3v) is 4.16. The van der Waals surface area contributed by atoms with Crippen LogP contribution in [0.3, 0.4) is 0 Å². The van der Waals surface area contributed by atoms with E-state index >= 15 is 0 Å². The molecule has 2 N–H and O–H groups in total. The maximum atomic E-state index is 13.0. The SMILES string of the molecule is CCOC(=O)C(=O)Nc1c(C(=O)Nc2cc(OC)ccc2OC)oc2ccccc12. The molecule has 9 heteroatoms. The summed E-state index contributed by atoms with van der Waals surface area (Å²) in [6, 6.07) is 11.6. The van der Waals surface area contributed by atoms with Gasteiger partial charge in [-0.05, 0) is 31.2 Å². The lowest BCUT2D eigenvalue weighted by Crippen LogP contribution is -2.26. The number of para-hydroxylation sites is 1. The summed E-state index contributed by atoms with van der Waals surface area (Å²) >= 11 is 0. The molecule has 0 spiro atoms. The highest BCUT2D eigenvalue weighted by Crippen LogP contribution is 2.33. The molecule has 1 heterocycles. The fraction of sp³-hybridized carbons (Fsp3) is 0.190. The average Bonchev–Trinajstić information content (AvgIpc) is 3.12. The number of methoxy groups -OCH3 is 2. The van der Waals surface area contributed by atoms with Crippen molar-refractivity contribution < 1.29 is 33.0 Å². The van der Waals surface area contributed by atoms with Gasteiger partial charge in [-0.15, -0.1) is 0 Å². The van der Waals surface area contributed by atoms with Crippen LogP contribution in [0.1, 0.15) is 17.5 Å². The van der Waals surface area contributed by atoms with Crippen molar-refractivity contribution in [3.05, 3.63) is 48.2 Å². The van der Waals surface area contributed by atoms with Crippen LogP contribution in [0.5, 0.6) is 11.5 Å². The predicted molar refractivity (Wildman–Crippen MR) is 109 cm³/mol. The van der Waals surface area contributed by atoms with Gasteiger partial charge in [-0.1, -0.05) is 12.1 Å². The van der Waals surface area contributed by atoms with Crippen molar-refractivity contribution in [2.24, 2.45) is 0 Å². The van der Waals surface area contributed by atoms with Crippen LogP contribution in [-0.2, 0) is 14.3 Å². The van der Waals surface area contributed by atoms with E-state index in [2.05, 4.69) is 10.6 Å². The Labute approximate surface area is 171 Å². The van der Waals surface area contributed by atoms with Gasteiger partial charge >= 0.3 is 11.9 Å². The molecular weight excluding hydrogens is 392 g/mol. The van der Waals surface area contributed by atoms with Gasteiger partial charge in [-0.2, -0.15) is 0 Å². The minimum atomic E-state index is -1.07. The molecule has 0 radical (unpaired) electrons. The van der Waals surface area contributed by atoms with E-state index in [1.54, 1.807) is 49.4 Å². The Kier molecular flexibility index (Phi) is 6.21. The number of esters is 1. The molecular formula is C21H20N2O7. The van der Waals surface area contributed by atoms with Crippen molar-refractivity contribution in [1.82, 2.24) is 0 Å². The van der Waals surface area contributed by atoms with Crippen LogP contribution in [0.2, 0.25) is 0 Å². The van der Waals surface area contributed by atoms with Gasteiger partial charge in [0.05, 0.1) is 26.5 Å². The average molecular weight is 412 g/mol. The molecule has 156 valence electrons. The quantitative estimate of drug-likeness (QED) is 0.472. The first-order chi connectivity index (χ1) is 14.5. The molecule has 1 aromatic heterocycles. The molecule has 0 fully saturated rings. The third kappa shape index (κ3) is 4.19. The van der Waals surface area contributed by atoms with Gasteiger partial charge in [-0.3, -0.25) is 9.59 Å². The van der Waals surface area contributed by atoms with Crippen molar-refractivity contribution in [3.8, 4) is 11.5 Å². The monoisotopic (exact) mass is 412 g/mol. The molecule has 0 saturated carbocycles. The van der Waals surface area contributed by atoms with E-state index in [4.69, 9.17) is 18.6 Å². The number of anilines is 2. The molecule has 0 saturated heterocycles. The summed E-state index contributed by atoms with van der Waals surface area (Å²) in [5.41, 5.74) is 0.757. The second-order valence-electron chi connectivity index (χ2n) is 6.00. The van der Waals surface area contributed by atoms with Crippen LogP contribution in [0.25, 0.3) is 11.0 Å². The normalized spacial score (nSPS) is 10.4. The van der Waals surface area contributed by atoms with Crippen molar-refractivity contribution in [1.29, 1.82) is 0 Å². The number of carbonyl (C=O) groups excluding carboxylic acids is 3. The fourth-order valence-electron chi connectivity index (χ4n) is 2.78. The lowest BCUT2D eigenvalue weighted by molar-refractivity contribution is -0.152. The van der Waals surface area contributed by atoms with Crippen LogP contribution < -0.4 is 20.1 Å². The highest BCUT2D eigenvalue weighted by molar-refractivity contribution is 6.38. The van der Waals surface area contributed by atoms with Gasteiger partial charge in [0.2, 0.25) is 5.76 Å². The number of nitrogens with one attached hydrogen (secondary N) is 2. The summed E-state index contributed by atoms with van der Waals surface area (Å²) in [7, 11) is 2.96. The third-order valence-electron chi connectivity index (χ3n) is 4.16. The first-order valence-corrected chi connectivity index (χ1v) is 9.01. The Morgan fingerprint density at radius 1 is 1.00 bits per heavy atom. The van der Waals surface area contributed by atoms with Crippen LogP contribution in [-0.4, -0.2) is 38.6 Å². The Balaban J connectivity index is 1.98. The number of benzene rings is 2. The number of rotatable bonds is 6. The van der Waals surface area contributed by atoms with Gasteiger partial charge in [-0.25, -0.2) is 4.79 Å². The van der Waals surface area contributed by atoms with Crippen LogP contribution >= 0.6 is 0 Å². The van der Waals surface area contributed by atoms with Crippen molar-refractivity contribution >= 4 is 40.1 Å². The Morgan fingerprint density at radius 3 is 2.47 bits per heavy atom. The first-order valence-electron chi connectivity index (χ1n) is 9.01. The van der Waals surface area contributed by atoms with Crippen LogP contribution in [0.4, 0.5) is 11.4 Å². The molecule has 2 aromatic carbocycles. The topological polar surface area (TPSA) is 116 Å². The molecule has 0 aliphatic rings. The van der Waals surface area contributed by atoms with Crippen molar-refractivity contribution in [2.45, 2.75) is 6.92 Å². The Morgan fingerprint density at radius 2 is 1.77 bits per heavy atom. The maximum Gasteiger partial charge on any atom is 0.397 e. The van der Waals surface area contributed by atoms with E-state index < -0.39 is 17.8 Å². The molecule has 2 amide bonds. The van der Waals surface area contributed by atoms with E-state index in [0.29, 0.717) is 28.2 Å². The molecule has 0 atom stereocenters. The van der Waals surface area contributed by atoms with Crippen LogP contribution in [0, 0.1) is 0 Å². The zero-order chi connectivity index (χ0) is 21.7. The zero-order valence-electron chi connectivity index (χ0n) is 16.6. The minimum absolute atomic E-state index is 0.0430. The van der Waals surface area contributed by atoms with Gasteiger partial charge in [0.1, 0.15) is 22.8 Å². The van der Waals surface area contributed by atoms with Gasteiger partial charge in [0.25, 0.3) is 5.91 Å². The van der Waals surface area contributed by atoms with Crippen LogP contribution in [0.15, 0.2) is 46.9 Å². The molecule has 9 nitrogen and oxygen atoms in total. The van der Waals surface area contributed by atoms with E-state index in [0.717, 1.165) is 0 Å². The highest BCUT2D eigenvalue weighted by Gasteiger charge is 2.26. The molecule has 3 rings (SSSR count). The molecule has 0 unspecified atom stereocenters. The van der Waals surface area contributed by atoms with E-state index in [1.807, 2.05) is 0 Å². The fourth-order valence-corrected chi connectivity index (χ4v) is 2.78. The standard InChI is InChI=1S/C21H20N2O7/c1-4-29-21(26)20(25)23-17-13-7-5-6-8-15(13)30-18(17)19(24)22-14-11-12(27-2)9-10-16(14)28-3/h5-11H,4H2,1-3H3,(H,22,24)(H,23,25). The summed E-state index contributed by atoms with van der Waals surface area (Å²) in [6.07, 6.45) is 0. The zero-order valence-corrected chi connectivity index (χ0v) is 16.6. The molecule has 0 aliphatic heterocycles. The van der Waals surface area contributed by atoms with E-state index in [9.17, 15) is 14.4 Å². The van der Waals surface area contributed by atoms with Gasteiger partial charge < -0.3 is 29.3 Å². The summed E-state index contributed by atoms with van der Waals surface area (Å²) in [6.45, 7) is 1.63. The smallest absolute Gasteiger partial charge is 0.397 e. The summed E-state index contributed by atoms with van der Waals surface area (Å²) < 4.78 is 20.8. The van der Waals surface area contributed by atoms with Crippen molar-refractivity contribution in [3.63, 3.8) is 0 Å². The number of carbonyl (C=O) groups is 3. The summed E-state index contributed by atoms with van der Waals surface area (Å²) in [5, 5.41) is 5.54. The Hall–Kier alpha value is -4.01. The number of furan rings is 1. The number of hydrogen-bond donors (Lipinski definition) is 2. The Bertz CT molecular complexity index is 1100. The largest absolute Gasteiger partial charge is 0.497 e. The highest BCUT2D eigenvalue weighted by atomic mass is 16.5. The molecule has 3 aromatic rings. The van der Waals surface area contributed by atoms with E-state index in [1.165, 1.54) is 14.2 Å². The summed E-state index contributed by atoms with van der Waals surface area (Å²) in [4.78, 5) is 36.9. The maximum absolute atomic E-state index is 13.0. The number of hydrogen-bond acceptors (Lipinski definition) is 7.